The van der Waals surface area contributed by atoms with E-state index in [0.717, 1.165) is 11.3 Å². The SMILES string of the molecule is CC(=O)N(CCC(=O)NCc1cccnc1)Cc1ccccn1. The number of carbonyl (C=O) groups is 2. The second kappa shape index (κ2) is 8.63. The van der Waals surface area contributed by atoms with Crippen LogP contribution in [0.3, 0.4) is 0 Å². The molecule has 0 aliphatic carbocycles. The average molecular weight is 312 g/mol. The Kier molecular flexibility index (Phi) is 6.23. The summed E-state index contributed by atoms with van der Waals surface area (Å²) in [6.07, 6.45) is 5.35. The molecule has 6 nitrogen and oxygen atoms in total. The Morgan fingerprint density at radius 2 is 2.04 bits per heavy atom. The van der Waals surface area contributed by atoms with E-state index in [9.17, 15) is 9.59 Å². The third-order valence-corrected chi connectivity index (χ3v) is 3.35. The number of nitrogens with one attached hydrogen (secondary N) is 1. The molecule has 0 aromatic carbocycles. The molecule has 120 valence electrons. The van der Waals surface area contributed by atoms with Gasteiger partial charge in [0.25, 0.3) is 0 Å². The van der Waals surface area contributed by atoms with Gasteiger partial charge in [0.2, 0.25) is 11.8 Å². The smallest absolute Gasteiger partial charge is 0.222 e. The number of rotatable bonds is 7. The first kappa shape index (κ1) is 16.6. The molecule has 2 rings (SSSR count). The maximum Gasteiger partial charge on any atom is 0.222 e. The molecule has 0 bridgehead atoms. The van der Waals surface area contributed by atoms with Crippen LogP contribution in [0.5, 0.6) is 0 Å². The summed E-state index contributed by atoms with van der Waals surface area (Å²) in [4.78, 5) is 33.4. The summed E-state index contributed by atoms with van der Waals surface area (Å²) in [5, 5.41) is 2.82. The molecule has 2 amide bonds. The Bertz CT molecular complexity index is 632. The molecule has 0 spiro atoms. The van der Waals surface area contributed by atoms with Crippen molar-refractivity contribution in [3.05, 3.63) is 60.2 Å². The molecule has 0 unspecified atom stereocenters. The highest BCUT2D eigenvalue weighted by molar-refractivity contribution is 5.78. The van der Waals surface area contributed by atoms with Gasteiger partial charge in [-0.1, -0.05) is 12.1 Å². The third kappa shape index (κ3) is 5.86. The molecule has 2 heterocycles. The Morgan fingerprint density at radius 3 is 2.70 bits per heavy atom. The lowest BCUT2D eigenvalue weighted by atomic mass is 10.2. The highest BCUT2D eigenvalue weighted by Crippen LogP contribution is 2.03. The molecule has 2 aromatic rings. The molecular formula is C17H20N4O2. The minimum absolute atomic E-state index is 0.0734. The van der Waals surface area contributed by atoms with E-state index < -0.39 is 0 Å². The Labute approximate surface area is 135 Å². The van der Waals surface area contributed by atoms with Crippen LogP contribution in [0, 0.1) is 0 Å². The molecule has 0 fully saturated rings. The predicted molar refractivity (Wildman–Crippen MR) is 86.0 cm³/mol. The number of amides is 2. The van der Waals surface area contributed by atoms with E-state index >= 15 is 0 Å². The number of carbonyl (C=O) groups excluding carboxylic acids is 2. The van der Waals surface area contributed by atoms with Gasteiger partial charge in [-0.3, -0.25) is 19.6 Å². The zero-order chi connectivity index (χ0) is 16.5. The molecule has 1 N–H and O–H groups in total. The summed E-state index contributed by atoms with van der Waals surface area (Å²) in [5.41, 5.74) is 1.75. The Morgan fingerprint density at radius 1 is 1.17 bits per heavy atom. The number of pyridine rings is 2. The highest BCUT2D eigenvalue weighted by Gasteiger charge is 2.12. The number of hydrogen-bond donors (Lipinski definition) is 1. The van der Waals surface area contributed by atoms with E-state index in [1.54, 1.807) is 23.5 Å². The van der Waals surface area contributed by atoms with E-state index in [2.05, 4.69) is 15.3 Å². The van der Waals surface area contributed by atoms with Crippen molar-refractivity contribution in [1.29, 1.82) is 0 Å². The van der Waals surface area contributed by atoms with Crippen molar-refractivity contribution < 1.29 is 9.59 Å². The van der Waals surface area contributed by atoms with Crippen LogP contribution in [0.2, 0.25) is 0 Å². The van der Waals surface area contributed by atoms with E-state index in [1.165, 1.54) is 6.92 Å². The van der Waals surface area contributed by atoms with Gasteiger partial charge in [0, 0.05) is 45.0 Å². The van der Waals surface area contributed by atoms with E-state index in [4.69, 9.17) is 0 Å². The predicted octanol–water partition coefficient (Wildman–Crippen LogP) is 1.53. The van der Waals surface area contributed by atoms with Crippen LogP contribution in [0.15, 0.2) is 48.9 Å². The van der Waals surface area contributed by atoms with E-state index in [-0.39, 0.29) is 18.2 Å². The largest absolute Gasteiger partial charge is 0.352 e. The molecule has 2 aromatic heterocycles. The van der Waals surface area contributed by atoms with Gasteiger partial charge < -0.3 is 10.2 Å². The van der Waals surface area contributed by atoms with Crippen LogP contribution in [0.1, 0.15) is 24.6 Å². The summed E-state index contributed by atoms with van der Waals surface area (Å²) in [6, 6.07) is 9.29. The fraction of sp³-hybridized carbons (Fsp3) is 0.294. The minimum Gasteiger partial charge on any atom is -0.352 e. The van der Waals surface area contributed by atoms with Gasteiger partial charge in [0.15, 0.2) is 0 Å². The molecule has 0 saturated carbocycles. The van der Waals surface area contributed by atoms with Crippen molar-refractivity contribution in [3.63, 3.8) is 0 Å². The molecule has 0 saturated heterocycles. The van der Waals surface area contributed by atoms with Crippen molar-refractivity contribution in [2.75, 3.05) is 6.54 Å². The van der Waals surface area contributed by atoms with Gasteiger partial charge in [-0.2, -0.15) is 0 Å². The molecule has 23 heavy (non-hydrogen) atoms. The van der Waals surface area contributed by atoms with Gasteiger partial charge in [0.1, 0.15) is 0 Å². The van der Waals surface area contributed by atoms with Crippen LogP contribution in [-0.4, -0.2) is 33.2 Å². The quantitative estimate of drug-likeness (QED) is 0.841. The van der Waals surface area contributed by atoms with Gasteiger partial charge in [-0.05, 0) is 23.8 Å². The second-order valence-corrected chi connectivity index (χ2v) is 5.15. The number of aromatic nitrogens is 2. The summed E-state index contributed by atoms with van der Waals surface area (Å²) in [6.45, 7) is 2.71. The molecule has 0 atom stereocenters. The van der Waals surface area contributed by atoms with Crippen LogP contribution in [0.4, 0.5) is 0 Å². The monoisotopic (exact) mass is 312 g/mol. The van der Waals surface area contributed by atoms with Crippen LogP contribution < -0.4 is 5.32 Å². The van der Waals surface area contributed by atoms with Gasteiger partial charge in [-0.25, -0.2) is 0 Å². The maximum absolute atomic E-state index is 11.9. The van der Waals surface area contributed by atoms with E-state index in [1.807, 2.05) is 30.3 Å². The summed E-state index contributed by atoms with van der Waals surface area (Å²) in [5.74, 6) is -0.170. The number of hydrogen-bond acceptors (Lipinski definition) is 4. The first-order chi connectivity index (χ1) is 11.1. The first-order valence-electron chi connectivity index (χ1n) is 7.46. The number of nitrogens with zero attached hydrogens (tertiary/aromatic N) is 3. The van der Waals surface area contributed by atoms with Gasteiger partial charge in [-0.15, -0.1) is 0 Å². The summed E-state index contributed by atoms with van der Waals surface area (Å²) >= 11 is 0. The molecule has 6 heteroatoms. The van der Waals surface area contributed by atoms with E-state index in [0.29, 0.717) is 19.6 Å². The topological polar surface area (TPSA) is 75.2 Å². The van der Waals surface area contributed by atoms with Crippen molar-refractivity contribution in [1.82, 2.24) is 20.2 Å². The Balaban J connectivity index is 1.79. The minimum atomic E-state index is -0.0962. The van der Waals surface area contributed by atoms with Crippen molar-refractivity contribution in [3.8, 4) is 0 Å². The van der Waals surface area contributed by atoms with Gasteiger partial charge in [0.05, 0.1) is 12.2 Å². The third-order valence-electron chi connectivity index (χ3n) is 3.35. The molecule has 0 aliphatic rings. The first-order valence-corrected chi connectivity index (χ1v) is 7.46. The van der Waals surface area contributed by atoms with Crippen molar-refractivity contribution >= 4 is 11.8 Å². The fourth-order valence-corrected chi connectivity index (χ4v) is 2.06. The molecule has 0 radical (unpaired) electrons. The van der Waals surface area contributed by atoms with Gasteiger partial charge >= 0.3 is 0 Å². The lowest BCUT2D eigenvalue weighted by Gasteiger charge is -2.20. The van der Waals surface area contributed by atoms with Crippen LogP contribution >= 0.6 is 0 Å². The second-order valence-electron chi connectivity index (χ2n) is 5.15. The highest BCUT2D eigenvalue weighted by atomic mass is 16.2. The zero-order valence-corrected chi connectivity index (χ0v) is 13.1. The normalized spacial score (nSPS) is 10.1. The fourth-order valence-electron chi connectivity index (χ4n) is 2.06. The maximum atomic E-state index is 11.9. The zero-order valence-electron chi connectivity index (χ0n) is 13.1. The average Bonchev–Trinajstić information content (AvgIpc) is 2.58. The lowest BCUT2D eigenvalue weighted by molar-refractivity contribution is -0.130. The van der Waals surface area contributed by atoms with Crippen molar-refractivity contribution in [2.45, 2.75) is 26.4 Å². The summed E-state index contributed by atoms with van der Waals surface area (Å²) < 4.78 is 0. The summed E-state index contributed by atoms with van der Waals surface area (Å²) in [7, 11) is 0. The standard InChI is InChI=1S/C17H20N4O2/c1-14(22)21(13-16-6-2-3-9-19-16)10-7-17(23)20-12-15-5-4-8-18-11-15/h2-6,8-9,11H,7,10,12-13H2,1H3,(H,20,23). The van der Waals surface area contributed by atoms with Crippen molar-refractivity contribution in [2.24, 2.45) is 0 Å². The molecule has 0 aliphatic heterocycles. The molecular weight excluding hydrogens is 292 g/mol. The van der Waals surface area contributed by atoms with Crippen LogP contribution in [0.25, 0.3) is 0 Å². The Hall–Kier alpha value is -2.76. The lowest BCUT2D eigenvalue weighted by Crippen LogP contribution is -2.33. The van der Waals surface area contributed by atoms with Crippen LogP contribution in [-0.2, 0) is 22.7 Å².